The number of nitrogens with zero attached hydrogens (tertiary/aromatic N) is 2. The number of rotatable bonds is 3. The van der Waals surface area contributed by atoms with Crippen molar-refractivity contribution in [2.24, 2.45) is 0 Å². The molecule has 0 saturated carbocycles. The van der Waals surface area contributed by atoms with Gasteiger partial charge in [-0.1, -0.05) is 6.07 Å². The third-order valence-electron chi connectivity index (χ3n) is 2.86. The third kappa shape index (κ3) is 2.88. The second kappa shape index (κ2) is 5.42. The van der Waals surface area contributed by atoms with E-state index in [9.17, 15) is 8.42 Å². The zero-order chi connectivity index (χ0) is 14.9. The van der Waals surface area contributed by atoms with Crippen molar-refractivity contribution in [3.63, 3.8) is 0 Å². The lowest BCUT2D eigenvalue weighted by atomic mass is 10.2. The lowest BCUT2D eigenvalue weighted by molar-refractivity contribution is 0.602. The molecule has 0 aliphatic carbocycles. The molecule has 0 aliphatic heterocycles. The summed E-state index contributed by atoms with van der Waals surface area (Å²) in [5.41, 5.74) is 0.629. The number of anilines is 1. The summed E-state index contributed by atoms with van der Waals surface area (Å²) in [6, 6.07) is 11.7. The van der Waals surface area contributed by atoms with Gasteiger partial charge in [0.05, 0.1) is 10.4 Å². The molecule has 1 N–H and O–H groups in total. The minimum atomic E-state index is -3.72. The van der Waals surface area contributed by atoms with Crippen molar-refractivity contribution < 1.29 is 8.42 Å². The van der Waals surface area contributed by atoms with Gasteiger partial charge in [0.2, 0.25) is 0 Å². The van der Waals surface area contributed by atoms with Gasteiger partial charge in [-0.2, -0.15) is 0 Å². The Labute approximate surface area is 130 Å². The quantitative estimate of drug-likeness (QED) is 0.775. The Kier molecular flexibility index (Phi) is 3.60. The normalized spacial score (nSPS) is 11.5. The molecule has 0 aliphatic rings. The Morgan fingerprint density at radius 2 is 1.86 bits per heavy atom. The van der Waals surface area contributed by atoms with Gasteiger partial charge in [-0.25, -0.2) is 13.4 Å². The smallest absolute Gasteiger partial charge is 0.263 e. The predicted molar refractivity (Wildman–Crippen MR) is 84.5 cm³/mol. The molecular formula is C14H10BrN3O2S. The maximum absolute atomic E-state index is 12.5. The summed E-state index contributed by atoms with van der Waals surface area (Å²) in [4.78, 5) is 8.35. The number of hydrogen-bond acceptors (Lipinski definition) is 4. The Bertz CT molecular complexity index is 890. The summed E-state index contributed by atoms with van der Waals surface area (Å²) < 4.78 is 28.3. The van der Waals surface area contributed by atoms with Gasteiger partial charge in [-0.3, -0.25) is 9.71 Å². The summed E-state index contributed by atoms with van der Waals surface area (Å²) in [7, 11) is -3.72. The lowest BCUT2D eigenvalue weighted by Crippen LogP contribution is -2.14. The van der Waals surface area contributed by atoms with Gasteiger partial charge in [-0.05, 0) is 52.3 Å². The van der Waals surface area contributed by atoms with Gasteiger partial charge in [0.15, 0.2) is 0 Å². The van der Waals surface area contributed by atoms with Gasteiger partial charge in [0, 0.05) is 22.3 Å². The van der Waals surface area contributed by atoms with E-state index in [1.54, 1.807) is 48.7 Å². The first-order valence-corrected chi connectivity index (χ1v) is 8.32. The standard InChI is InChI=1S/C14H10BrN3O2S/c15-10-6-7-14(17-9-10)18-21(19,20)13-5-1-4-12-11(13)3-2-8-16-12/h1-9H,(H,17,18). The lowest BCUT2D eigenvalue weighted by Gasteiger charge is -2.09. The van der Waals surface area contributed by atoms with Gasteiger partial charge < -0.3 is 0 Å². The summed E-state index contributed by atoms with van der Waals surface area (Å²) >= 11 is 3.25. The molecule has 2 heterocycles. The molecule has 5 nitrogen and oxygen atoms in total. The first-order chi connectivity index (χ1) is 10.1. The van der Waals surface area contributed by atoms with Crippen molar-refractivity contribution in [3.05, 3.63) is 59.3 Å². The van der Waals surface area contributed by atoms with Crippen molar-refractivity contribution in [1.29, 1.82) is 0 Å². The van der Waals surface area contributed by atoms with E-state index >= 15 is 0 Å². The Morgan fingerprint density at radius 3 is 2.62 bits per heavy atom. The van der Waals surface area contributed by atoms with Crippen LogP contribution in [-0.4, -0.2) is 18.4 Å². The molecule has 3 rings (SSSR count). The summed E-state index contributed by atoms with van der Waals surface area (Å²) in [6.45, 7) is 0. The van der Waals surface area contributed by atoms with Crippen molar-refractivity contribution in [1.82, 2.24) is 9.97 Å². The molecule has 0 saturated heterocycles. The minimum absolute atomic E-state index is 0.179. The predicted octanol–water partition coefficient (Wildman–Crippen LogP) is 3.19. The molecule has 0 amide bonds. The maximum atomic E-state index is 12.5. The van der Waals surface area contributed by atoms with Crippen molar-refractivity contribution >= 4 is 42.7 Å². The molecule has 0 spiro atoms. The highest BCUT2D eigenvalue weighted by molar-refractivity contribution is 9.10. The number of hydrogen-bond donors (Lipinski definition) is 1. The zero-order valence-electron chi connectivity index (χ0n) is 10.7. The molecule has 0 unspecified atom stereocenters. The van der Waals surface area contributed by atoms with Gasteiger partial charge in [-0.15, -0.1) is 0 Å². The van der Waals surface area contributed by atoms with Crippen molar-refractivity contribution in [2.45, 2.75) is 4.90 Å². The topological polar surface area (TPSA) is 72.0 Å². The average molecular weight is 364 g/mol. The fourth-order valence-corrected chi connectivity index (χ4v) is 3.40. The average Bonchev–Trinajstić information content (AvgIpc) is 2.49. The minimum Gasteiger partial charge on any atom is -0.263 e. The third-order valence-corrected chi connectivity index (χ3v) is 4.74. The van der Waals surface area contributed by atoms with Crippen LogP contribution in [0.5, 0.6) is 0 Å². The van der Waals surface area contributed by atoms with E-state index in [1.165, 1.54) is 6.20 Å². The van der Waals surface area contributed by atoms with Crippen LogP contribution in [0.1, 0.15) is 0 Å². The van der Waals surface area contributed by atoms with Crippen LogP contribution in [0.25, 0.3) is 10.9 Å². The van der Waals surface area contributed by atoms with E-state index in [0.29, 0.717) is 10.9 Å². The van der Waals surface area contributed by atoms with E-state index in [1.807, 2.05) is 0 Å². The highest BCUT2D eigenvalue weighted by Crippen LogP contribution is 2.23. The molecule has 0 radical (unpaired) electrons. The molecule has 0 bridgehead atoms. The second-order valence-electron chi connectivity index (χ2n) is 4.29. The molecular weight excluding hydrogens is 354 g/mol. The fourth-order valence-electron chi connectivity index (χ4n) is 1.94. The highest BCUT2D eigenvalue weighted by atomic mass is 79.9. The van der Waals surface area contributed by atoms with E-state index in [2.05, 4.69) is 30.6 Å². The largest absolute Gasteiger partial charge is 0.263 e. The van der Waals surface area contributed by atoms with Crippen LogP contribution in [0.3, 0.4) is 0 Å². The number of fused-ring (bicyclic) bond motifs is 1. The van der Waals surface area contributed by atoms with Crippen LogP contribution < -0.4 is 4.72 Å². The summed E-state index contributed by atoms with van der Waals surface area (Å²) in [6.07, 6.45) is 3.16. The van der Waals surface area contributed by atoms with E-state index in [0.717, 1.165) is 4.47 Å². The van der Waals surface area contributed by atoms with E-state index in [-0.39, 0.29) is 10.7 Å². The molecule has 3 aromatic rings. The number of sulfonamides is 1. The van der Waals surface area contributed by atoms with Gasteiger partial charge >= 0.3 is 0 Å². The van der Waals surface area contributed by atoms with Gasteiger partial charge in [0.1, 0.15) is 5.82 Å². The molecule has 2 aromatic heterocycles. The highest BCUT2D eigenvalue weighted by Gasteiger charge is 2.18. The first kappa shape index (κ1) is 14.0. The molecule has 0 atom stereocenters. The van der Waals surface area contributed by atoms with Crippen molar-refractivity contribution in [2.75, 3.05) is 4.72 Å². The monoisotopic (exact) mass is 363 g/mol. The van der Waals surface area contributed by atoms with Crippen LogP contribution in [0.2, 0.25) is 0 Å². The first-order valence-electron chi connectivity index (χ1n) is 6.04. The number of pyridine rings is 2. The number of halogens is 1. The molecule has 7 heteroatoms. The van der Waals surface area contributed by atoms with Crippen LogP contribution in [0, 0.1) is 0 Å². The summed E-state index contributed by atoms with van der Waals surface area (Å²) in [5, 5.41) is 0.574. The van der Waals surface area contributed by atoms with E-state index in [4.69, 9.17) is 0 Å². The number of aromatic nitrogens is 2. The van der Waals surface area contributed by atoms with E-state index < -0.39 is 10.0 Å². The summed E-state index contributed by atoms with van der Waals surface area (Å²) in [5.74, 6) is 0.263. The Morgan fingerprint density at radius 1 is 1.00 bits per heavy atom. The second-order valence-corrected chi connectivity index (χ2v) is 6.86. The zero-order valence-corrected chi connectivity index (χ0v) is 13.1. The Balaban J connectivity index is 2.06. The number of nitrogens with one attached hydrogen (secondary N) is 1. The Hall–Kier alpha value is -1.99. The van der Waals surface area contributed by atoms with Gasteiger partial charge in [0.25, 0.3) is 10.0 Å². The van der Waals surface area contributed by atoms with Crippen molar-refractivity contribution in [3.8, 4) is 0 Å². The molecule has 0 fully saturated rings. The molecule has 1 aromatic carbocycles. The number of benzene rings is 1. The maximum Gasteiger partial charge on any atom is 0.263 e. The fraction of sp³-hybridized carbons (Fsp3) is 0. The van der Waals surface area contributed by atoms with Crippen LogP contribution in [-0.2, 0) is 10.0 Å². The van der Waals surface area contributed by atoms with Crippen LogP contribution >= 0.6 is 15.9 Å². The molecule has 106 valence electrons. The molecule has 21 heavy (non-hydrogen) atoms. The van der Waals surface area contributed by atoms with Crippen LogP contribution in [0.4, 0.5) is 5.82 Å². The SMILES string of the molecule is O=S(=O)(Nc1ccc(Br)cn1)c1cccc2ncccc12. The van der Waals surface area contributed by atoms with Crippen LogP contribution in [0.15, 0.2) is 64.2 Å².